The van der Waals surface area contributed by atoms with Crippen LogP contribution in [-0.2, 0) is 4.79 Å². The molecule has 1 N–H and O–H groups in total. The van der Waals surface area contributed by atoms with Crippen LogP contribution in [0.3, 0.4) is 0 Å². The largest absolute Gasteiger partial charge is 0.478 e. The summed E-state index contributed by atoms with van der Waals surface area (Å²) in [4.78, 5) is 12.5. The molecule has 20 heavy (non-hydrogen) atoms. The molecule has 0 saturated carbocycles. The van der Waals surface area contributed by atoms with Crippen LogP contribution in [0.5, 0.6) is 0 Å². The average molecular weight is 272 g/mol. The maximum absolute atomic E-state index is 10.5. The zero-order valence-corrected chi connectivity index (χ0v) is 12.1. The number of hydrogen-bond acceptors (Lipinski definition) is 3. The Kier molecular flexibility index (Phi) is 5.79. The zero-order valence-electron chi connectivity index (χ0n) is 12.1. The lowest BCUT2D eigenvalue weighted by atomic mass is 10.1. The van der Waals surface area contributed by atoms with E-state index in [-0.39, 0.29) is 0 Å². The summed E-state index contributed by atoms with van der Waals surface area (Å²) in [5.74, 6) is -0.387. The number of carboxylic acids is 1. The molecule has 0 aromatic heterocycles. The normalized spacial score (nSPS) is 10.8. The van der Waals surface area contributed by atoms with Crippen molar-refractivity contribution in [1.82, 2.24) is 0 Å². The van der Waals surface area contributed by atoms with Crippen molar-refractivity contribution in [3.05, 3.63) is 35.4 Å². The standard InChI is InChI=1S/C16H20N2O2/c1-12(2)8-9-18(3)15-6-4-13(5-7-16(19)20)10-14(15)11-17/h4-7,10,12H,8-9H2,1-3H3,(H,19,20)/b7-5+. The first-order valence-electron chi connectivity index (χ1n) is 6.60. The van der Waals surface area contributed by atoms with Crippen LogP contribution >= 0.6 is 0 Å². The summed E-state index contributed by atoms with van der Waals surface area (Å²) in [6.07, 6.45) is 3.61. The van der Waals surface area contributed by atoms with E-state index in [1.807, 2.05) is 19.2 Å². The molecule has 1 aromatic carbocycles. The van der Waals surface area contributed by atoms with Gasteiger partial charge >= 0.3 is 5.97 Å². The predicted octanol–water partition coefficient (Wildman–Crippen LogP) is 3.14. The van der Waals surface area contributed by atoms with Crippen LogP contribution in [0.2, 0.25) is 0 Å². The molecular formula is C16H20N2O2. The fraction of sp³-hybridized carbons (Fsp3) is 0.375. The monoisotopic (exact) mass is 272 g/mol. The van der Waals surface area contributed by atoms with E-state index in [1.54, 1.807) is 6.07 Å². The van der Waals surface area contributed by atoms with Gasteiger partial charge in [0.25, 0.3) is 0 Å². The van der Waals surface area contributed by atoms with Crippen molar-refractivity contribution in [1.29, 1.82) is 5.26 Å². The molecule has 0 radical (unpaired) electrons. The van der Waals surface area contributed by atoms with Gasteiger partial charge in [0.1, 0.15) is 6.07 Å². The maximum Gasteiger partial charge on any atom is 0.328 e. The van der Waals surface area contributed by atoms with E-state index in [1.165, 1.54) is 6.08 Å². The van der Waals surface area contributed by atoms with Crippen LogP contribution in [0.25, 0.3) is 6.08 Å². The Hall–Kier alpha value is -2.28. The van der Waals surface area contributed by atoms with Gasteiger partial charge in [-0.25, -0.2) is 4.79 Å². The number of carboxylic acid groups (broad SMARTS) is 1. The number of rotatable bonds is 6. The Labute approximate surface area is 119 Å². The van der Waals surface area contributed by atoms with E-state index in [4.69, 9.17) is 5.11 Å². The number of hydrogen-bond donors (Lipinski definition) is 1. The summed E-state index contributed by atoms with van der Waals surface area (Å²) in [7, 11) is 1.96. The van der Waals surface area contributed by atoms with Gasteiger partial charge in [-0.1, -0.05) is 19.9 Å². The average Bonchev–Trinajstić information content (AvgIpc) is 2.42. The lowest BCUT2D eigenvalue weighted by Crippen LogP contribution is -2.20. The topological polar surface area (TPSA) is 64.3 Å². The third kappa shape index (κ3) is 4.77. The van der Waals surface area contributed by atoms with Gasteiger partial charge in [0.05, 0.1) is 11.3 Å². The molecule has 0 amide bonds. The van der Waals surface area contributed by atoms with Crippen LogP contribution in [-0.4, -0.2) is 24.7 Å². The van der Waals surface area contributed by atoms with Gasteiger partial charge in [-0.15, -0.1) is 0 Å². The van der Waals surface area contributed by atoms with Gasteiger partial charge in [-0.05, 0) is 36.1 Å². The summed E-state index contributed by atoms with van der Waals surface area (Å²) in [5.41, 5.74) is 2.15. The highest BCUT2D eigenvalue weighted by atomic mass is 16.4. The Balaban J connectivity index is 2.93. The van der Waals surface area contributed by atoms with E-state index in [9.17, 15) is 10.1 Å². The van der Waals surface area contributed by atoms with E-state index < -0.39 is 5.97 Å². The van der Waals surface area contributed by atoms with Crippen molar-refractivity contribution < 1.29 is 9.90 Å². The van der Waals surface area contributed by atoms with Gasteiger partial charge in [-0.2, -0.15) is 5.26 Å². The Morgan fingerprint density at radius 2 is 2.20 bits per heavy atom. The molecular weight excluding hydrogens is 252 g/mol. The van der Waals surface area contributed by atoms with Crippen molar-refractivity contribution in [2.75, 3.05) is 18.5 Å². The molecule has 106 valence electrons. The molecule has 4 nitrogen and oxygen atoms in total. The first-order chi connectivity index (χ1) is 9.43. The van der Waals surface area contributed by atoms with E-state index >= 15 is 0 Å². The molecule has 0 atom stereocenters. The van der Waals surface area contributed by atoms with Crippen molar-refractivity contribution in [3.63, 3.8) is 0 Å². The maximum atomic E-state index is 10.5. The van der Waals surface area contributed by atoms with Gasteiger partial charge in [0, 0.05) is 19.7 Å². The van der Waals surface area contributed by atoms with Gasteiger partial charge < -0.3 is 10.0 Å². The quantitative estimate of drug-likeness (QED) is 0.808. The fourth-order valence-electron chi connectivity index (χ4n) is 1.82. The van der Waals surface area contributed by atoms with E-state index in [0.717, 1.165) is 24.7 Å². The van der Waals surface area contributed by atoms with Gasteiger partial charge in [0.2, 0.25) is 0 Å². The minimum absolute atomic E-state index is 0.559. The lowest BCUT2D eigenvalue weighted by Gasteiger charge is -2.21. The second-order valence-electron chi connectivity index (χ2n) is 5.16. The molecule has 0 aliphatic rings. The van der Waals surface area contributed by atoms with Crippen LogP contribution < -0.4 is 4.90 Å². The Bertz CT molecular complexity index is 542. The van der Waals surface area contributed by atoms with Crippen LogP contribution in [0.1, 0.15) is 31.4 Å². The number of carbonyl (C=O) groups is 1. The van der Waals surface area contributed by atoms with Gasteiger partial charge in [-0.3, -0.25) is 0 Å². The summed E-state index contributed by atoms with van der Waals surface area (Å²) in [5, 5.41) is 17.8. The Morgan fingerprint density at radius 3 is 2.75 bits per heavy atom. The number of benzene rings is 1. The summed E-state index contributed by atoms with van der Waals surface area (Å²) < 4.78 is 0. The van der Waals surface area contributed by atoms with Crippen molar-refractivity contribution in [2.24, 2.45) is 5.92 Å². The highest BCUT2D eigenvalue weighted by Gasteiger charge is 2.08. The molecule has 0 spiro atoms. The zero-order chi connectivity index (χ0) is 15.1. The fourth-order valence-corrected chi connectivity index (χ4v) is 1.82. The third-order valence-corrected chi connectivity index (χ3v) is 3.01. The molecule has 1 aromatic rings. The van der Waals surface area contributed by atoms with Crippen LogP contribution in [0.15, 0.2) is 24.3 Å². The molecule has 0 bridgehead atoms. The lowest BCUT2D eigenvalue weighted by molar-refractivity contribution is -0.131. The van der Waals surface area contributed by atoms with Crippen molar-refractivity contribution >= 4 is 17.7 Å². The minimum atomic E-state index is -0.998. The van der Waals surface area contributed by atoms with Gasteiger partial charge in [0.15, 0.2) is 0 Å². The second kappa shape index (κ2) is 7.34. The second-order valence-corrected chi connectivity index (χ2v) is 5.16. The molecule has 0 unspecified atom stereocenters. The van der Waals surface area contributed by atoms with Crippen molar-refractivity contribution in [2.45, 2.75) is 20.3 Å². The molecule has 0 fully saturated rings. The summed E-state index contributed by atoms with van der Waals surface area (Å²) in [6, 6.07) is 7.56. The molecule has 4 heteroatoms. The minimum Gasteiger partial charge on any atom is -0.478 e. The molecule has 1 rings (SSSR count). The number of aliphatic carboxylic acids is 1. The molecule has 0 saturated heterocycles. The van der Waals surface area contributed by atoms with Crippen LogP contribution in [0.4, 0.5) is 5.69 Å². The summed E-state index contributed by atoms with van der Waals surface area (Å²) >= 11 is 0. The smallest absolute Gasteiger partial charge is 0.328 e. The first-order valence-corrected chi connectivity index (χ1v) is 6.60. The number of nitriles is 1. The predicted molar refractivity (Wildman–Crippen MR) is 80.6 cm³/mol. The first kappa shape index (κ1) is 15.8. The number of anilines is 1. The highest BCUT2D eigenvalue weighted by Crippen LogP contribution is 2.22. The SMILES string of the molecule is CC(C)CCN(C)c1ccc(/C=C/C(=O)O)cc1C#N. The van der Waals surface area contributed by atoms with Crippen LogP contribution in [0, 0.1) is 17.2 Å². The number of nitrogens with zero attached hydrogens (tertiary/aromatic N) is 2. The van der Waals surface area contributed by atoms with E-state index in [2.05, 4.69) is 24.8 Å². The highest BCUT2D eigenvalue weighted by molar-refractivity contribution is 5.85. The third-order valence-electron chi connectivity index (χ3n) is 3.01. The Morgan fingerprint density at radius 1 is 1.50 bits per heavy atom. The molecule has 0 aliphatic heterocycles. The van der Waals surface area contributed by atoms with Crippen molar-refractivity contribution in [3.8, 4) is 6.07 Å². The molecule has 0 heterocycles. The van der Waals surface area contributed by atoms with E-state index in [0.29, 0.717) is 17.0 Å². The summed E-state index contributed by atoms with van der Waals surface area (Å²) in [6.45, 7) is 5.22. The molecule has 0 aliphatic carbocycles.